The van der Waals surface area contributed by atoms with Gasteiger partial charge >= 0.3 is 6.18 Å². The Labute approximate surface area is 168 Å². The summed E-state index contributed by atoms with van der Waals surface area (Å²) < 4.78 is 67.0. The minimum absolute atomic E-state index is 0.00624. The average Bonchev–Trinajstić information content (AvgIpc) is 3.02. The molecule has 0 bridgehead atoms. The van der Waals surface area contributed by atoms with Crippen molar-refractivity contribution in [2.24, 2.45) is 0 Å². The standard InChI is InChI=1S/C17H12Cl2F3N3O2S/c18-13-4-5-15(19)16(7-13)28(26,27)24-14-8-23-25(10-14)9-11-2-1-3-12(6-11)17(20,21)22/h1-8,10,24H,9H2. The van der Waals surface area contributed by atoms with Gasteiger partial charge in [0.15, 0.2) is 0 Å². The summed E-state index contributed by atoms with van der Waals surface area (Å²) in [6, 6.07) is 8.82. The van der Waals surface area contributed by atoms with Crippen molar-refractivity contribution >= 4 is 38.9 Å². The van der Waals surface area contributed by atoms with Crippen molar-refractivity contribution in [3.05, 3.63) is 76.0 Å². The first-order valence-electron chi connectivity index (χ1n) is 7.71. The van der Waals surface area contributed by atoms with Gasteiger partial charge in [0.2, 0.25) is 0 Å². The fourth-order valence-corrected chi connectivity index (χ4v) is 4.22. The smallest absolute Gasteiger partial charge is 0.276 e. The van der Waals surface area contributed by atoms with E-state index >= 15 is 0 Å². The molecule has 2 aromatic carbocycles. The van der Waals surface area contributed by atoms with Crippen LogP contribution in [0.3, 0.4) is 0 Å². The first-order valence-corrected chi connectivity index (χ1v) is 9.95. The van der Waals surface area contributed by atoms with E-state index < -0.39 is 21.8 Å². The number of nitrogens with one attached hydrogen (secondary N) is 1. The van der Waals surface area contributed by atoms with Crippen LogP contribution in [-0.2, 0) is 22.7 Å². The van der Waals surface area contributed by atoms with Gasteiger partial charge < -0.3 is 0 Å². The zero-order valence-electron chi connectivity index (χ0n) is 13.9. The Morgan fingerprint density at radius 1 is 1.11 bits per heavy atom. The molecule has 1 aromatic heterocycles. The zero-order chi connectivity index (χ0) is 20.5. The van der Waals surface area contributed by atoms with E-state index in [2.05, 4.69) is 9.82 Å². The van der Waals surface area contributed by atoms with Crippen molar-refractivity contribution < 1.29 is 21.6 Å². The van der Waals surface area contributed by atoms with E-state index in [0.29, 0.717) is 5.56 Å². The van der Waals surface area contributed by atoms with Crippen LogP contribution in [0.15, 0.2) is 59.8 Å². The van der Waals surface area contributed by atoms with Gasteiger partial charge in [0.05, 0.1) is 29.0 Å². The highest BCUT2D eigenvalue weighted by Gasteiger charge is 2.30. The van der Waals surface area contributed by atoms with Gasteiger partial charge in [-0.2, -0.15) is 18.3 Å². The molecule has 0 unspecified atom stereocenters. The van der Waals surface area contributed by atoms with Crippen molar-refractivity contribution in [2.75, 3.05) is 4.72 Å². The number of benzene rings is 2. The van der Waals surface area contributed by atoms with Crippen molar-refractivity contribution in [3.8, 4) is 0 Å². The Bertz CT molecular complexity index is 1110. The summed E-state index contributed by atoms with van der Waals surface area (Å²) in [4.78, 5) is -0.202. The van der Waals surface area contributed by atoms with Crippen LogP contribution in [0.4, 0.5) is 18.9 Å². The van der Waals surface area contributed by atoms with Crippen molar-refractivity contribution in [1.29, 1.82) is 0 Å². The molecule has 3 aromatic rings. The number of hydrogen-bond donors (Lipinski definition) is 1. The molecular weight excluding hydrogens is 438 g/mol. The zero-order valence-corrected chi connectivity index (χ0v) is 16.2. The third-order valence-electron chi connectivity index (χ3n) is 3.67. The predicted molar refractivity (Wildman–Crippen MR) is 100 cm³/mol. The summed E-state index contributed by atoms with van der Waals surface area (Å²) in [5.41, 5.74) is -0.276. The lowest BCUT2D eigenvalue weighted by molar-refractivity contribution is -0.137. The number of nitrogens with zero attached hydrogens (tertiary/aromatic N) is 2. The fourth-order valence-electron chi connectivity index (χ4n) is 2.43. The maximum Gasteiger partial charge on any atom is 0.416 e. The molecule has 28 heavy (non-hydrogen) atoms. The average molecular weight is 450 g/mol. The van der Waals surface area contributed by atoms with Gasteiger partial charge in [-0.25, -0.2) is 8.42 Å². The van der Waals surface area contributed by atoms with Gasteiger partial charge in [0, 0.05) is 11.2 Å². The molecule has 0 saturated heterocycles. The molecule has 148 valence electrons. The van der Waals surface area contributed by atoms with E-state index in [9.17, 15) is 21.6 Å². The topological polar surface area (TPSA) is 64.0 Å². The maximum atomic E-state index is 12.8. The van der Waals surface area contributed by atoms with Crippen LogP contribution >= 0.6 is 23.2 Å². The number of hydrogen-bond acceptors (Lipinski definition) is 3. The van der Waals surface area contributed by atoms with E-state index in [1.165, 1.54) is 47.4 Å². The van der Waals surface area contributed by atoms with Crippen LogP contribution < -0.4 is 4.72 Å². The summed E-state index contributed by atoms with van der Waals surface area (Å²) in [5, 5.41) is 4.16. The SMILES string of the molecule is O=S(=O)(Nc1cnn(Cc2cccc(C(F)(F)F)c2)c1)c1cc(Cl)ccc1Cl. The summed E-state index contributed by atoms with van der Waals surface area (Å²) in [7, 11) is -4.02. The molecule has 0 spiro atoms. The second-order valence-corrected chi connectivity index (χ2v) is 8.30. The van der Waals surface area contributed by atoms with Crippen LogP contribution in [0.2, 0.25) is 10.0 Å². The normalized spacial score (nSPS) is 12.2. The summed E-state index contributed by atoms with van der Waals surface area (Å²) in [6.07, 6.45) is -1.85. The Morgan fingerprint density at radius 3 is 2.57 bits per heavy atom. The maximum absolute atomic E-state index is 12.8. The molecule has 0 radical (unpaired) electrons. The summed E-state index contributed by atoms with van der Waals surface area (Å²) in [5.74, 6) is 0. The molecule has 0 fully saturated rings. The van der Waals surface area contributed by atoms with E-state index in [1.54, 1.807) is 0 Å². The highest BCUT2D eigenvalue weighted by atomic mass is 35.5. The van der Waals surface area contributed by atoms with Crippen molar-refractivity contribution in [2.45, 2.75) is 17.6 Å². The molecule has 0 aliphatic heterocycles. The van der Waals surface area contributed by atoms with Crippen molar-refractivity contribution in [1.82, 2.24) is 9.78 Å². The molecule has 1 N–H and O–H groups in total. The first-order chi connectivity index (χ1) is 13.0. The fraction of sp³-hybridized carbons (Fsp3) is 0.118. The largest absolute Gasteiger partial charge is 0.416 e. The van der Waals surface area contributed by atoms with Crippen LogP contribution in [0.1, 0.15) is 11.1 Å². The minimum Gasteiger partial charge on any atom is -0.276 e. The van der Waals surface area contributed by atoms with Gasteiger partial charge in [0.25, 0.3) is 10.0 Å². The summed E-state index contributed by atoms with van der Waals surface area (Å²) in [6.45, 7) is 0.0313. The lowest BCUT2D eigenvalue weighted by Crippen LogP contribution is -2.13. The Balaban J connectivity index is 1.79. The third kappa shape index (κ3) is 4.78. The van der Waals surface area contributed by atoms with Crippen molar-refractivity contribution in [3.63, 3.8) is 0 Å². The molecular formula is C17H12Cl2F3N3O2S. The molecule has 5 nitrogen and oxygen atoms in total. The molecule has 1 heterocycles. The number of rotatable bonds is 5. The van der Waals surface area contributed by atoms with Gasteiger partial charge in [-0.3, -0.25) is 9.40 Å². The Kier molecular flexibility index (Phi) is 5.60. The molecule has 0 amide bonds. The lowest BCUT2D eigenvalue weighted by Gasteiger charge is -2.09. The number of aromatic nitrogens is 2. The van der Waals surface area contributed by atoms with Crippen LogP contribution in [0, 0.1) is 0 Å². The molecule has 0 saturated carbocycles. The number of sulfonamides is 1. The molecule has 11 heteroatoms. The van der Waals surface area contributed by atoms with E-state index in [4.69, 9.17) is 23.2 Å². The number of halogens is 5. The predicted octanol–water partition coefficient (Wildman–Crippen LogP) is 5.06. The molecule has 0 aliphatic rings. The van der Waals surface area contributed by atoms with Crippen LogP contribution in [0.5, 0.6) is 0 Å². The lowest BCUT2D eigenvalue weighted by atomic mass is 10.1. The van der Waals surface area contributed by atoms with Crippen LogP contribution in [-0.4, -0.2) is 18.2 Å². The summed E-state index contributed by atoms with van der Waals surface area (Å²) >= 11 is 11.7. The molecule has 0 atom stereocenters. The van der Waals surface area contributed by atoms with Crippen LogP contribution in [0.25, 0.3) is 0 Å². The van der Waals surface area contributed by atoms with E-state index in [-0.39, 0.29) is 27.2 Å². The monoisotopic (exact) mass is 449 g/mol. The van der Waals surface area contributed by atoms with Gasteiger partial charge in [-0.1, -0.05) is 35.3 Å². The number of anilines is 1. The highest BCUT2D eigenvalue weighted by Crippen LogP contribution is 2.30. The second-order valence-electron chi connectivity index (χ2n) is 5.80. The highest BCUT2D eigenvalue weighted by molar-refractivity contribution is 7.92. The van der Waals surface area contributed by atoms with E-state index in [0.717, 1.165) is 12.1 Å². The first kappa shape index (κ1) is 20.5. The van der Waals surface area contributed by atoms with Gasteiger partial charge in [-0.05, 0) is 35.9 Å². The number of alkyl halides is 3. The quantitative estimate of drug-likeness (QED) is 0.591. The second kappa shape index (κ2) is 7.65. The van der Waals surface area contributed by atoms with Gasteiger partial charge in [-0.15, -0.1) is 0 Å². The Morgan fingerprint density at radius 2 is 1.86 bits per heavy atom. The molecule has 0 aliphatic carbocycles. The molecule has 3 rings (SSSR count). The van der Waals surface area contributed by atoms with E-state index in [1.807, 2.05) is 0 Å². The minimum atomic E-state index is -4.45. The third-order valence-corrected chi connectivity index (χ3v) is 5.77. The Hall–Kier alpha value is -2.23. The van der Waals surface area contributed by atoms with Gasteiger partial charge in [0.1, 0.15) is 4.90 Å².